The van der Waals surface area contributed by atoms with Crippen molar-refractivity contribution < 1.29 is 22.7 Å². The maximum atomic E-state index is 13.1. The third kappa shape index (κ3) is 9.27. The van der Waals surface area contributed by atoms with Gasteiger partial charge in [0, 0.05) is 43.5 Å². The second-order valence-corrected chi connectivity index (χ2v) is 13.3. The fourth-order valence-electron chi connectivity index (χ4n) is 5.13. The van der Waals surface area contributed by atoms with E-state index in [1.807, 2.05) is 41.8 Å². The summed E-state index contributed by atoms with van der Waals surface area (Å²) in [6.07, 6.45) is 1.65. The second kappa shape index (κ2) is 16.0. The lowest BCUT2D eigenvalue weighted by Gasteiger charge is -2.38. The molecule has 2 N–H and O–H groups in total. The zero-order valence-electron chi connectivity index (χ0n) is 23.7. The molecule has 1 aliphatic heterocycles. The molecule has 0 aliphatic carbocycles. The number of carbonyl (C=O) groups is 2. The molecule has 228 valence electrons. The van der Waals surface area contributed by atoms with Crippen molar-refractivity contribution in [2.45, 2.75) is 42.7 Å². The van der Waals surface area contributed by atoms with Crippen LogP contribution < -0.4 is 5.73 Å². The van der Waals surface area contributed by atoms with Gasteiger partial charge in [-0.1, -0.05) is 54.6 Å². The fourth-order valence-corrected chi connectivity index (χ4v) is 7.23. The van der Waals surface area contributed by atoms with E-state index in [9.17, 15) is 18.0 Å². The standard InChI is InChI=1S/C30H38N4O5S2.ClH/c1-32(41(37,38)27-11-6-3-7-12-27)21-25(28-13-8-20-40-28)14-17-33-18-15-26(16-19-33)34(22-29(31)35)30(36)39-23-24-9-4-2-5-10-24;/h2-13,20,25-26H,14-19,21-23H2,1H3,(H2,31,35);1H. The van der Waals surface area contributed by atoms with Crippen molar-refractivity contribution in [2.75, 3.05) is 39.8 Å². The average Bonchev–Trinajstić information content (AvgIpc) is 3.53. The van der Waals surface area contributed by atoms with Crippen LogP contribution in [-0.4, -0.2) is 80.3 Å². The average molecular weight is 635 g/mol. The molecule has 2 aromatic carbocycles. The molecule has 0 bridgehead atoms. The minimum absolute atomic E-state index is 0. The molecule has 1 aliphatic rings. The van der Waals surface area contributed by atoms with Crippen molar-refractivity contribution in [3.63, 3.8) is 0 Å². The first-order valence-electron chi connectivity index (χ1n) is 13.8. The Morgan fingerprint density at radius 1 is 1.02 bits per heavy atom. The molecule has 0 radical (unpaired) electrons. The van der Waals surface area contributed by atoms with E-state index < -0.39 is 22.0 Å². The van der Waals surface area contributed by atoms with E-state index >= 15 is 0 Å². The van der Waals surface area contributed by atoms with E-state index in [1.165, 1.54) is 9.21 Å². The van der Waals surface area contributed by atoms with Crippen LogP contribution in [0.5, 0.6) is 0 Å². The van der Waals surface area contributed by atoms with Crippen molar-refractivity contribution in [3.8, 4) is 0 Å². The van der Waals surface area contributed by atoms with Gasteiger partial charge in [0.2, 0.25) is 15.9 Å². The number of hydrogen-bond acceptors (Lipinski definition) is 7. The van der Waals surface area contributed by atoms with Crippen LogP contribution in [0, 0.1) is 0 Å². The first-order valence-corrected chi connectivity index (χ1v) is 16.1. The first kappa shape index (κ1) is 33.5. The highest BCUT2D eigenvalue weighted by Gasteiger charge is 2.31. The van der Waals surface area contributed by atoms with Crippen LogP contribution in [0.15, 0.2) is 83.1 Å². The van der Waals surface area contributed by atoms with Crippen LogP contribution in [-0.2, 0) is 26.2 Å². The highest BCUT2D eigenvalue weighted by Crippen LogP contribution is 2.28. The number of likely N-dealkylation sites (N-methyl/N-ethyl adjacent to an activating group) is 1. The number of piperidine rings is 1. The zero-order chi connectivity index (χ0) is 29.2. The molecule has 2 amide bonds. The van der Waals surface area contributed by atoms with Crippen molar-refractivity contribution >= 4 is 45.8 Å². The predicted octanol–water partition coefficient (Wildman–Crippen LogP) is 4.55. The molecule has 4 rings (SSSR count). The normalized spacial score (nSPS) is 15.1. The van der Waals surface area contributed by atoms with E-state index in [4.69, 9.17) is 10.5 Å². The summed E-state index contributed by atoms with van der Waals surface area (Å²) in [6.45, 7) is 2.63. The lowest BCUT2D eigenvalue weighted by molar-refractivity contribution is -0.119. The summed E-state index contributed by atoms with van der Waals surface area (Å²) in [5.41, 5.74) is 6.33. The molecule has 1 atom stereocenters. The lowest BCUT2D eigenvalue weighted by Crippen LogP contribution is -2.50. The molecule has 0 spiro atoms. The van der Waals surface area contributed by atoms with E-state index in [0.29, 0.717) is 19.4 Å². The molecular weight excluding hydrogens is 596 g/mol. The topological polar surface area (TPSA) is 113 Å². The van der Waals surface area contributed by atoms with Gasteiger partial charge in [0.05, 0.1) is 4.90 Å². The number of halogens is 1. The number of ether oxygens (including phenoxy) is 1. The van der Waals surface area contributed by atoms with Gasteiger partial charge in [-0.25, -0.2) is 17.5 Å². The Hall–Kier alpha value is -2.96. The number of primary amides is 1. The Labute approximate surface area is 258 Å². The molecule has 1 aromatic heterocycles. The Bertz CT molecular complexity index is 1350. The number of nitrogens with zero attached hydrogens (tertiary/aromatic N) is 3. The van der Waals surface area contributed by atoms with Gasteiger partial charge in [-0.05, 0) is 54.9 Å². The molecule has 1 fully saturated rings. The van der Waals surface area contributed by atoms with Crippen LogP contribution in [0.3, 0.4) is 0 Å². The zero-order valence-corrected chi connectivity index (χ0v) is 26.2. The van der Waals surface area contributed by atoms with E-state index in [0.717, 1.165) is 36.5 Å². The second-order valence-electron chi connectivity index (χ2n) is 10.3. The van der Waals surface area contributed by atoms with Crippen molar-refractivity contribution in [1.82, 2.24) is 14.1 Å². The van der Waals surface area contributed by atoms with Gasteiger partial charge in [-0.3, -0.25) is 9.69 Å². The molecule has 12 heteroatoms. The number of benzene rings is 2. The minimum Gasteiger partial charge on any atom is -0.445 e. The predicted molar refractivity (Wildman–Crippen MR) is 167 cm³/mol. The first-order chi connectivity index (χ1) is 19.7. The highest BCUT2D eigenvalue weighted by molar-refractivity contribution is 7.89. The molecule has 1 unspecified atom stereocenters. The number of rotatable bonds is 13. The van der Waals surface area contributed by atoms with Crippen LogP contribution in [0.25, 0.3) is 0 Å². The largest absolute Gasteiger partial charge is 0.445 e. The number of hydrogen-bond donors (Lipinski definition) is 1. The maximum absolute atomic E-state index is 13.1. The molecule has 3 aromatic rings. The summed E-state index contributed by atoms with van der Waals surface area (Å²) >= 11 is 1.64. The number of likely N-dealkylation sites (tertiary alicyclic amines) is 1. The molecule has 0 saturated carbocycles. The summed E-state index contributed by atoms with van der Waals surface area (Å²) in [4.78, 5) is 29.9. The number of carbonyl (C=O) groups excluding carboxylic acids is 2. The molecular formula is C30H39ClN4O5S2. The van der Waals surface area contributed by atoms with E-state index in [-0.39, 0.29) is 42.4 Å². The van der Waals surface area contributed by atoms with E-state index in [1.54, 1.807) is 48.7 Å². The molecule has 42 heavy (non-hydrogen) atoms. The van der Waals surface area contributed by atoms with Gasteiger partial charge in [-0.2, -0.15) is 0 Å². The summed E-state index contributed by atoms with van der Waals surface area (Å²) in [7, 11) is -1.95. The van der Waals surface area contributed by atoms with Crippen LogP contribution in [0.4, 0.5) is 4.79 Å². The number of nitrogens with two attached hydrogens (primary N) is 1. The van der Waals surface area contributed by atoms with Crippen LogP contribution >= 0.6 is 23.7 Å². The summed E-state index contributed by atoms with van der Waals surface area (Å²) < 4.78 is 33.2. The quantitative estimate of drug-likeness (QED) is 0.295. The third-order valence-electron chi connectivity index (χ3n) is 7.43. The maximum Gasteiger partial charge on any atom is 0.410 e. The Kier molecular flexibility index (Phi) is 12.8. The monoisotopic (exact) mass is 634 g/mol. The van der Waals surface area contributed by atoms with Gasteiger partial charge in [0.25, 0.3) is 0 Å². The van der Waals surface area contributed by atoms with Crippen molar-refractivity contribution in [2.24, 2.45) is 5.73 Å². The van der Waals surface area contributed by atoms with Gasteiger partial charge in [0.15, 0.2) is 0 Å². The fraction of sp³-hybridized carbons (Fsp3) is 0.400. The van der Waals surface area contributed by atoms with Crippen molar-refractivity contribution in [3.05, 3.63) is 88.6 Å². The van der Waals surface area contributed by atoms with Crippen LogP contribution in [0.2, 0.25) is 0 Å². The highest BCUT2D eigenvalue weighted by atomic mass is 35.5. The molecule has 1 saturated heterocycles. The van der Waals surface area contributed by atoms with Crippen molar-refractivity contribution in [1.29, 1.82) is 0 Å². The smallest absolute Gasteiger partial charge is 0.410 e. The number of amides is 2. The summed E-state index contributed by atoms with van der Waals surface area (Å²) in [5.74, 6) is -0.520. The molecule has 9 nitrogen and oxygen atoms in total. The lowest BCUT2D eigenvalue weighted by atomic mass is 10.00. The third-order valence-corrected chi connectivity index (χ3v) is 10.3. The Morgan fingerprint density at radius 2 is 1.67 bits per heavy atom. The Balaban J connectivity index is 0.00000484. The molecule has 2 heterocycles. The Morgan fingerprint density at radius 3 is 2.26 bits per heavy atom. The number of thiophene rings is 1. The van der Waals surface area contributed by atoms with E-state index in [2.05, 4.69) is 11.0 Å². The van der Waals surface area contributed by atoms with Gasteiger partial charge < -0.3 is 15.4 Å². The van der Waals surface area contributed by atoms with Gasteiger partial charge >= 0.3 is 6.09 Å². The number of sulfonamides is 1. The summed E-state index contributed by atoms with van der Waals surface area (Å²) in [5, 5.41) is 2.02. The van der Waals surface area contributed by atoms with Gasteiger partial charge in [0.1, 0.15) is 13.2 Å². The summed E-state index contributed by atoms with van der Waals surface area (Å²) in [6, 6.07) is 21.8. The minimum atomic E-state index is -3.59. The SMILES string of the molecule is CN(CC(CCN1CCC(N(CC(N)=O)C(=O)OCc2ccccc2)CC1)c1cccs1)S(=O)(=O)c1ccccc1.Cl. The van der Waals surface area contributed by atoms with Gasteiger partial charge in [-0.15, -0.1) is 23.7 Å². The van der Waals surface area contributed by atoms with Crippen LogP contribution in [0.1, 0.15) is 35.6 Å².